The molecule has 2 aromatic rings. The van der Waals surface area contributed by atoms with Crippen LogP contribution in [0.3, 0.4) is 0 Å². The molecule has 0 saturated heterocycles. The molecule has 0 radical (unpaired) electrons. The lowest BCUT2D eigenvalue weighted by molar-refractivity contribution is -0.146. The quantitative estimate of drug-likeness (QED) is 0.509. The van der Waals surface area contributed by atoms with Crippen molar-refractivity contribution in [1.82, 2.24) is 0 Å². The van der Waals surface area contributed by atoms with E-state index in [0.717, 1.165) is 16.8 Å². The molecular weight excluding hydrogens is 454 g/mol. The van der Waals surface area contributed by atoms with Crippen molar-refractivity contribution >= 4 is 29.1 Å². The summed E-state index contributed by atoms with van der Waals surface area (Å²) in [5.41, 5.74) is 3.74. The monoisotopic (exact) mass is 481 g/mol. The third kappa shape index (κ3) is 4.47. The molecule has 0 spiro atoms. The first-order valence-electron chi connectivity index (χ1n) is 11.3. The molecule has 4 rings (SSSR count). The summed E-state index contributed by atoms with van der Waals surface area (Å²) >= 11 is 6.29. The zero-order valence-electron chi connectivity index (χ0n) is 19.8. The first-order chi connectivity index (χ1) is 16.4. The third-order valence-corrected chi connectivity index (χ3v) is 6.75. The van der Waals surface area contributed by atoms with E-state index in [1.165, 1.54) is 0 Å². The van der Waals surface area contributed by atoms with Gasteiger partial charge in [-0.3, -0.25) is 14.6 Å². The van der Waals surface area contributed by atoms with Gasteiger partial charge in [0.1, 0.15) is 5.92 Å². The minimum atomic E-state index is -0.668. The summed E-state index contributed by atoms with van der Waals surface area (Å²) in [5.74, 6) is -0.343. The number of aliphatic imine (C=N–C) groups is 1. The first kappa shape index (κ1) is 24.0. The number of carbonyl (C=O) groups is 2. The molecule has 178 valence electrons. The lowest BCUT2D eigenvalue weighted by Gasteiger charge is -2.36. The van der Waals surface area contributed by atoms with E-state index in [1.54, 1.807) is 27.2 Å². The normalized spacial score (nSPS) is 22.1. The predicted molar refractivity (Wildman–Crippen MR) is 131 cm³/mol. The van der Waals surface area contributed by atoms with Crippen LogP contribution in [-0.4, -0.2) is 38.3 Å². The van der Waals surface area contributed by atoms with Gasteiger partial charge in [0.15, 0.2) is 17.3 Å². The van der Waals surface area contributed by atoms with Crippen LogP contribution >= 0.6 is 11.6 Å². The summed E-state index contributed by atoms with van der Waals surface area (Å²) in [6.07, 6.45) is 0.899. The Morgan fingerprint density at radius 3 is 2.50 bits per heavy atom. The summed E-state index contributed by atoms with van der Waals surface area (Å²) in [4.78, 5) is 31.4. The minimum Gasteiger partial charge on any atom is -0.493 e. The standard InChI is InChI=1S/C27H28ClNO5/c1-5-34-27(31)24-15(2)29-20-12-18(16-9-10-22(32-3)23(14-16)33-4)13-21(30)26(20)25(24)17-7-6-8-19(28)11-17/h6-11,14,18,24-25H,5,12-13H2,1-4H3/t18-,24?,25-/m0/s1. The van der Waals surface area contributed by atoms with Gasteiger partial charge in [-0.15, -0.1) is 0 Å². The van der Waals surface area contributed by atoms with E-state index in [-0.39, 0.29) is 24.3 Å². The van der Waals surface area contributed by atoms with E-state index in [0.29, 0.717) is 40.6 Å². The Labute approximate surface area is 204 Å². The SMILES string of the molecule is CCOC(=O)C1C(C)=NC2=C(C(=O)C[C@@H](c3ccc(OC)c(OC)c3)C2)[C@H]1c1cccc(Cl)c1. The zero-order chi connectivity index (χ0) is 24.4. The summed E-state index contributed by atoms with van der Waals surface area (Å²) < 4.78 is 16.2. The summed E-state index contributed by atoms with van der Waals surface area (Å²) in [6.45, 7) is 3.85. The Kier molecular flexibility index (Phi) is 7.08. The maximum absolute atomic E-state index is 13.6. The molecule has 2 aliphatic rings. The van der Waals surface area contributed by atoms with Gasteiger partial charge in [-0.05, 0) is 61.6 Å². The van der Waals surface area contributed by atoms with Gasteiger partial charge < -0.3 is 14.2 Å². The van der Waals surface area contributed by atoms with E-state index < -0.39 is 11.8 Å². The molecule has 7 heteroatoms. The highest BCUT2D eigenvalue weighted by Gasteiger charge is 2.44. The predicted octanol–water partition coefficient (Wildman–Crippen LogP) is 5.50. The molecular formula is C27H28ClNO5. The third-order valence-electron chi connectivity index (χ3n) is 6.52. The molecule has 1 unspecified atom stereocenters. The number of carbonyl (C=O) groups excluding carboxylic acids is 2. The number of hydrogen-bond donors (Lipinski definition) is 0. The number of methoxy groups -OCH3 is 2. The smallest absolute Gasteiger partial charge is 0.315 e. The molecule has 0 saturated carbocycles. The van der Waals surface area contributed by atoms with Crippen LogP contribution in [-0.2, 0) is 14.3 Å². The van der Waals surface area contributed by atoms with Crippen molar-refractivity contribution in [2.24, 2.45) is 10.9 Å². The molecule has 0 amide bonds. The fourth-order valence-electron chi connectivity index (χ4n) is 5.00. The van der Waals surface area contributed by atoms with E-state index in [4.69, 9.17) is 30.8 Å². The number of rotatable bonds is 6. The van der Waals surface area contributed by atoms with Crippen molar-refractivity contribution in [3.8, 4) is 11.5 Å². The fraction of sp³-hybridized carbons (Fsp3) is 0.370. The zero-order valence-corrected chi connectivity index (χ0v) is 20.5. The van der Waals surface area contributed by atoms with Gasteiger partial charge in [0.2, 0.25) is 0 Å². The van der Waals surface area contributed by atoms with Crippen LogP contribution in [0.1, 0.15) is 49.7 Å². The number of ether oxygens (including phenoxy) is 3. The van der Waals surface area contributed by atoms with Crippen LogP contribution in [0.15, 0.2) is 58.7 Å². The van der Waals surface area contributed by atoms with Crippen LogP contribution in [0, 0.1) is 5.92 Å². The fourth-order valence-corrected chi connectivity index (χ4v) is 5.20. The molecule has 0 N–H and O–H groups in total. The van der Waals surface area contributed by atoms with Crippen molar-refractivity contribution < 1.29 is 23.8 Å². The van der Waals surface area contributed by atoms with Crippen molar-refractivity contribution in [2.45, 2.75) is 38.5 Å². The van der Waals surface area contributed by atoms with Crippen molar-refractivity contribution in [3.63, 3.8) is 0 Å². The van der Waals surface area contributed by atoms with E-state index >= 15 is 0 Å². The second-order valence-electron chi connectivity index (χ2n) is 8.52. The Morgan fingerprint density at radius 2 is 1.82 bits per heavy atom. The lowest BCUT2D eigenvalue weighted by Crippen LogP contribution is -2.38. The Balaban J connectivity index is 1.78. The highest BCUT2D eigenvalue weighted by atomic mass is 35.5. The Bertz CT molecular complexity index is 1190. The topological polar surface area (TPSA) is 74.2 Å². The molecule has 0 fully saturated rings. The average Bonchev–Trinajstić information content (AvgIpc) is 2.82. The van der Waals surface area contributed by atoms with Crippen LogP contribution in [0.2, 0.25) is 5.02 Å². The molecule has 1 aliphatic heterocycles. The van der Waals surface area contributed by atoms with E-state index in [1.807, 2.05) is 43.3 Å². The van der Waals surface area contributed by atoms with Crippen molar-refractivity contribution in [1.29, 1.82) is 0 Å². The largest absolute Gasteiger partial charge is 0.493 e. The van der Waals surface area contributed by atoms with E-state index in [9.17, 15) is 9.59 Å². The summed E-state index contributed by atoms with van der Waals surface area (Å²) in [6, 6.07) is 13.1. The second kappa shape index (κ2) is 10.0. The lowest BCUT2D eigenvalue weighted by atomic mass is 9.69. The molecule has 0 bridgehead atoms. The summed E-state index contributed by atoms with van der Waals surface area (Å²) in [7, 11) is 3.18. The van der Waals surface area contributed by atoms with Gasteiger partial charge in [0.05, 0.1) is 20.8 Å². The van der Waals surface area contributed by atoms with Gasteiger partial charge >= 0.3 is 5.97 Å². The maximum Gasteiger partial charge on any atom is 0.315 e. The molecule has 34 heavy (non-hydrogen) atoms. The van der Waals surface area contributed by atoms with Crippen LogP contribution in [0.25, 0.3) is 0 Å². The molecule has 1 heterocycles. The number of ketones is 1. The minimum absolute atomic E-state index is 0.0171. The maximum atomic E-state index is 13.6. The van der Waals surface area contributed by atoms with Crippen LogP contribution < -0.4 is 9.47 Å². The number of nitrogens with zero attached hydrogens (tertiary/aromatic N) is 1. The van der Waals surface area contributed by atoms with Crippen molar-refractivity contribution in [2.75, 3.05) is 20.8 Å². The van der Waals surface area contributed by atoms with Crippen LogP contribution in [0.4, 0.5) is 0 Å². The van der Waals surface area contributed by atoms with E-state index in [2.05, 4.69) is 0 Å². The number of hydrogen-bond acceptors (Lipinski definition) is 6. The first-order valence-corrected chi connectivity index (χ1v) is 11.7. The number of halogens is 1. The number of allylic oxidation sites excluding steroid dienone is 2. The van der Waals surface area contributed by atoms with Gasteiger partial charge in [-0.2, -0.15) is 0 Å². The molecule has 1 aliphatic carbocycles. The Morgan fingerprint density at radius 1 is 1.06 bits per heavy atom. The van der Waals surface area contributed by atoms with Crippen LogP contribution in [0.5, 0.6) is 11.5 Å². The number of benzene rings is 2. The summed E-state index contributed by atoms with van der Waals surface area (Å²) in [5, 5.41) is 0.550. The highest BCUT2D eigenvalue weighted by Crippen LogP contribution is 2.47. The number of Topliss-reactive ketones (excluding diaryl/α,β-unsaturated/α-hetero) is 1. The molecule has 6 nitrogen and oxygen atoms in total. The number of esters is 1. The highest BCUT2D eigenvalue weighted by molar-refractivity contribution is 6.30. The average molecular weight is 482 g/mol. The molecule has 3 atom stereocenters. The molecule has 0 aromatic heterocycles. The van der Waals surface area contributed by atoms with Gasteiger partial charge in [0, 0.05) is 34.3 Å². The molecule has 2 aromatic carbocycles. The second-order valence-corrected chi connectivity index (χ2v) is 8.96. The van der Waals surface area contributed by atoms with Gasteiger partial charge in [-0.1, -0.05) is 29.8 Å². The van der Waals surface area contributed by atoms with Crippen molar-refractivity contribution in [3.05, 3.63) is 69.9 Å². The Hall–Kier alpha value is -3.12. The van der Waals surface area contributed by atoms with Gasteiger partial charge in [-0.25, -0.2) is 0 Å². The van der Waals surface area contributed by atoms with Gasteiger partial charge in [0.25, 0.3) is 0 Å².